The summed E-state index contributed by atoms with van der Waals surface area (Å²) in [7, 11) is 0. The topological polar surface area (TPSA) is 51.8 Å². The van der Waals surface area contributed by atoms with Gasteiger partial charge in [-0.3, -0.25) is 0 Å². The molecule has 0 saturated heterocycles. The van der Waals surface area contributed by atoms with Crippen molar-refractivity contribution in [3.05, 3.63) is 210 Å². The Morgan fingerprint density at radius 1 is 0.375 bits per heavy atom. The lowest BCUT2D eigenvalue weighted by Gasteiger charge is -2.35. The SMILES string of the molecule is [2H]c1c([2H])c([2H])c(-c2nc(-c3ccc4c(c3)C3(c5ccccc5-c5ccccc5-4)c4ccccc4-c4ccccc43)nc(-c3ccc4oc5ccccc5c4c3)n2)c([2H])c1[2H]. The fourth-order valence-corrected chi connectivity index (χ4v) is 9.16. The first kappa shape index (κ1) is 26.4. The van der Waals surface area contributed by atoms with Crippen molar-refractivity contribution in [2.75, 3.05) is 0 Å². The number of aromatic nitrogens is 3. The van der Waals surface area contributed by atoms with Crippen LogP contribution in [-0.4, -0.2) is 15.0 Å². The molecule has 0 bridgehead atoms. The standard InChI is InChI=1S/C52H31N3O/c1-2-14-32(15-3-1)49-53-50(33-27-29-48-42(30-33)41-21-9-13-25-47(41)56-48)55-51(54-49)34-26-28-40-36-17-5-4-16-35(36)37-18-6-10-22-43(37)52(46(40)31-34)44-23-11-7-19-38(44)39-20-8-12-24-45(39)52/h1-31H/i1D,2D,3D,14D,15D. The van der Waals surface area contributed by atoms with Crippen molar-refractivity contribution < 1.29 is 11.3 Å². The molecule has 0 saturated carbocycles. The molecule has 0 aliphatic heterocycles. The molecule has 0 amide bonds. The summed E-state index contributed by atoms with van der Waals surface area (Å²) in [5.41, 5.74) is 13.3. The maximum absolute atomic E-state index is 8.95. The van der Waals surface area contributed by atoms with Crippen LogP contribution in [0.3, 0.4) is 0 Å². The van der Waals surface area contributed by atoms with Crippen molar-refractivity contribution in [3.8, 4) is 67.5 Å². The smallest absolute Gasteiger partial charge is 0.164 e. The number of rotatable bonds is 3. The number of furan rings is 1. The number of nitrogens with zero attached hydrogens (tertiary/aromatic N) is 3. The van der Waals surface area contributed by atoms with E-state index >= 15 is 0 Å². The summed E-state index contributed by atoms with van der Waals surface area (Å²) >= 11 is 0. The fraction of sp³-hybridized carbons (Fsp3) is 0.0192. The molecule has 2 heterocycles. The number of hydrogen-bond acceptors (Lipinski definition) is 4. The van der Waals surface area contributed by atoms with Crippen LogP contribution >= 0.6 is 0 Å². The number of fused-ring (bicyclic) bond motifs is 15. The van der Waals surface area contributed by atoms with Crippen molar-refractivity contribution in [3.63, 3.8) is 0 Å². The summed E-state index contributed by atoms with van der Waals surface area (Å²) in [4.78, 5) is 15.0. The average Bonchev–Trinajstić information content (AvgIpc) is 3.80. The van der Waals surface area contributed by atoms with Crippen LogP contribution in [0.25, 0.3) is 89.5 Å². The molecule has 0 fully saturated rings. The maximum Gasteiger partial charge on any atom is 0.164 e. The average molecular weight is 719 g/mol. The van der Waals surface area contributed by atoms with Gasteiger partial charge in [-0.15, -0.1) is 0 Å². The highest BCUT2D eigenvalue weighted by Crippen LogP contribution is 2.61. The van der Waals surface area contributed by atoms with E-state index in [0.717, 1.165) is 49.7 Å². The maximum atomic E-state index is 8.95. The van der Waals surface area contributed by atoms with E-state index in [9.17, 15) is 0 Å². The summed E-state index contributed by atoms with van der Waals surface area (Å²) in [6.45, 7) is 0. The summed E-state index contributed by atoms with van der Waals surface area (Å²) in [5.74, 6) is 0.564. The van der Waals surface area contributed by atoms with Gasteiger partial charge in [-0.2, -0.15) is 0 Å². The van der Waals surface area contributed by atoms with Crippen LogP contribution in [0.4, 0.5) is 0 Å². The summed E-state index contributed by atoms with van der Waals surface area (Å²) in [5, 5.41) is 1.82. The van der Waals surface area contributed by atoms with Crippen LogP contribution in [0, 0.1) is 0 Å². The third-order valence-corrected chi connectivity index (χ3v) is 11.5. The Kier molecular flexibility index (Phi) is 5.55. The van der Waals surface area contributed by atoms with E-state index in [1.54, 1.807) is 0 Å². The molecule has 0 atom stereocenters. The molecule has 260 valence electrons. The highest BCUT2D eigenvalue weighted by atomic mass is 16.3. The Hall–Kier alpha value is -7.43. The summed E-state index contributed by atoms with van der Waals surface area (Å²) < 4.78 is 49.4. The van der Waals surface area contributed by atoms with E-state index in [-0.39, 0.29) is 17.2 Å². The molecule has 2 aliphatic rings. The first-order chi connectivity index (χ1) is 29.8. The van der Waals surface area contributed by atoms with Gasteiger partial charge in [0.2, 0.25) is 0 Å². The predicted molar refractivity (Wildman–Crippen MR) is 225 cm³/mol. The molecule has 10 aromatic rings. The van der Waals surface area contributed by atoms with Crippen molar-refractivity contribution in [1.82, 2.24) is 15.0 Å². The zero-order chi connectivity index (χ0) is 41.1. The van der Waals surface area contributed by atoms with E-state index in [0.29, 0.717) is 22.5 Å². The fourth-order valence-electron chi connectivity index (χ4n) is 9.16. The quantitative estimate of drug-likeness (QED) is 0.182. The Balaban J connectivity index is 1.18. The van der Waals surface area contributed by atoms with Gasteiger partial charge < -0.3 is 4.42 Å². The summed E-state index contributed by atoms with van der Waals surface area (Å²) in [6.07, 6.45) is 0. The molecule has 56 heavy (non-hydrogen) atoms. The molecule has 0 unspecified atom stereocenters. The predicted octanol–water partition coefficient (Wildman–Crippen LogP) is 12.8. The van der Waals surface area contributed by atoms with Gasteiger partial charge >= 0.3 is 0 Å². The molecule has 0 N–H and O–H groups in total. The molecule has 4 nitrogen and oxygen atoms in total. The molecule has 2 aliphatic carbocycles. The van der Waals surface area contributed by atoms with Crippen molar-refractivity contribution in [2.24, 2.45) is 0 Å². The lowest BCUT2D eigenvalue weighted by Crippen LogP contribution is -2.29. The normalized spacial score (nSPS) is 14.4. The minimum absolute atomic E-state index is 0.0222. The lowest BCUT2D eigenvalue weighted by molar-refractivity contribution is 0.669. The minimum Gasteiger partial charge on any atom is -0.456 e. The van der Waals surface area contributed by atoms with Crippen LogP contribution in [0.2, 0.25) is 0 Å². The van der Waals surface area contributed by atoms with Crippen molar-refractivity contribution >= 4 is 21.9 Å². The first-order valence-corrected chi connectivity index (χ1v) is 18.6. The second-order valence-corrected chi connectivity index (χ2v) is 14.3. The number of benzene rings is 8. The highest BCUT2D eigenvalue weighted by molar-refractivity contribution is 6.06. The lowest BCUT2D eigenvalue weighted by atomic mass is 9.65. The van der Waals surface area contributed by atoms with E-state index in [1.165, 1.54) is 22.3 Å². The van der Waals surface area contributed by atoms with Crippen LogP contribution in [0.5, 0.6) is 0 Å². The number of hydrogen-bond donors (Lipinski definition) is 0. The third kappa shape index (κ3) is 4.32. The van der Waals surface area contributed by atoms with Gasteiger partial charge in [-0.1, -0.05) is 158 Å². The zero-order valence-electron chi connectivity index (χ0n) is 34.8. The molecule has 1 spiro atoms. The Morgan fingerprint density at radius 2 is 0.839 bits per heavy atom. The summed E-state index contributed by atoms with van der Waals surface area (Å²) in [6, 6.07) is 52.3. The second-order valence-electron chi connectivity index (χ2n) is 14.3. The van der Waals surface area contributed by atoms with Crippen molar-refractivity contribution in [1.29, 1.82) is 0 Å². The van der Waals surface area contributed by atoms with Crippen LogP contribution < -0.4 is 0 Å². The van der Waals surface area contributed by atoms with Gasteiger partial charge in [-0.25, -0.2) is 15.0 Å². The monoisotopic (exact) mass is 718 g/mol. The zero-order valence-corrected chi connectivity index (χ0v) is 29.8. The van der Waals surface area contributed by atoms with Gasteiger partial charge in [0.05, 0.1) is 12.3 Å². The Labute approximate surface area is 330 Å². The van der Waals surface area contributed by atoms with Crippen LogP contribution in [-0.2, 0) is 5.41 Å². The largest absolute Gasteiger partial charge is 0.456 e. The van der Waals surface area contributed by atoms with E-state index in [2.05, 4.69) is 109 Å². The second kappa shape index (κ2) is 11.8. The number of para-hydroxylation sites is 1. The molecular formula is C52H31N3O. The van der Waals surface area contributed by atoms with Gasteiger partial charge in [-0.05, 0) is 86.0 Å². The molecular weight excluding hydrogens is 683 g/mol. The van der Waals surface area contributed by atoms with Crippen molar-refractivity contribution in [2.45, 2.75) is 5.41 Å². The molecule has 2 aromatic heterocycles. The highest BCUT2D eigenvalue weighted by Gasteiger charge is 2.49. The van der Waals surface area contributed by atoms with Crippen LogP contribution in [0.15, 0.2) is 192 Å². The molecule has 8 aromatic carbocycles. The molecule has 4 heteroatoms. The van der Waals surface area contributed by atoms with Gasteiger partial charge in [0.15, 0.2) is 17.5 Å². The minimum atomic E-state index is -0.743. The van der Waals surface area contributed by atoms with Crippen LogP contribution in [0.1, 0.15) is 29.1 Å². The van der Waals surface area contributed by atoms with E-state index < -0.39 is 35.6 Å². The van der Waals surface area contributed by atoms with E-state index in [1.807, 2.05) is 48.5 Å². The van der Waals surface area contributed by atoms with Gasteiger partial charge in [0.25, 0.3) is 0 Å². The molecule has 12 rings (SSSR count). The first-order valence-electron chi connectivity index (χ1n) is 21.1. The van der Waals surface area contributed by atoms with Gasteiger partial charge in [0, 0.05) is 27.5 Å². The van der Waals surface area contributed by atoms with Gasteiger partial charge in [0.1, 0.15) is 11.2 Å². The molecule has 0 radical (unpaired) electrons. The third-order valence-electron chi connectivity index (χ3n) is 11.5. The Morgan fingerprint density at radius 3 is 1.48 bits per heavy atom. The van der Waals surface area contributed by atoms with E-state index in [4.69, 9.17) is 26.2 Å². The Bertz CT molecular complexity index is 3450.